The second-order valence-electron chi connectivity index (χ2n) is 4.71. The third kappa shape index (κ3) is 2.28. The number of aromatic amines is 1. The Morgan fingerprint density at radius 1 is 1.15 bits per heavy atom. The number of para-hydroxylation sites is 1. The van der Waals surface area contributed by atoms with E-state index in [-0.39, 0.29) is 11.9 Å². The highest BCUT2D eigenvalue weighted by molar-refractivity contribution is 6.04. The fraction of sp³-hybridized carbons (Fsp3) is 0.125. The molecule has 1 amide bonds. The van der Waals surface area contributed by atoms with E-state index in [1.807, 2.05) is 49.4 Å². The van der Waals surface area contributed by atoms with Crippen molar-refractivity contribution in [2.75, 3.05) is 0 Å². The van der Waals surface area contributed by atoms with Gasteiger partial charge in [-0.15, -0.1) is 0 Å². The topological polar surface area (TPSA) is 57.8 Å². The van der Waals surface area contributed by atoms with Crippen LogP contribution in [0.25, 0.3) is 11.0 Å². The molecule has 2 aromatic carbocycles. The number of imidazole rings is 1. The van der Waals surface area contributed by atoms with Gasteiger partial charge in [-0.3, -0.25) is 4.79 Å². The Labute approximate surface area is 116 Å². The van der Waals surface area contributed by atoms with Crippen LogP contribution in [0.1, 0.15) is 28.9 Å². The van der Waals surface area contributed by atoms with E-state index in [0.29, 0.717) is 5.56 Å². The molecule has 0 bridgehead atoms. The first-order chi connectivity index (χ1) is 9.75. The Kier molecular flexibility index (Phi) is 3.21. The molecule has 3 aromatic rings. The molecule has 0 fully saturated rings. The van der Waals surface area contributed by atoms with E-state index >= 15 is 0 Å². The van der Waals surface area contributed by atoms with Crippen molar-refractivity contribution in [3.8, 4) is 0 Å². The number of H-pyrrole nitrogens is 1. The summed E-state index contributed by atoms with van der Waals surface area (Å²) in [7, 11) is 0. The molecule has 0 aliphatic heterocycles. The number of amides is 1. The summed E-state index contributed by atoms with van der Waals surface area (Å²) in [4.78, 5) is 19.6. The molecule has 100 valence electrons. The lowest BCUT2D eigenvalue weighted by molar-refractivity contribution is 0.0941. The third-order valence-electron chi connectivity index (χ3n) is 3.35. The summed E-state index contributed by atoms with van der Waals surface area (Å²) in [5, 5.41) is 3.01. The number of benzene rings is 2. The van der Waals surface area contributed by atoms with E-state index in [0.717, 1.165) is 16.6 Å². The fourth-order valence-corrected chi connectivity index (χ4v) is 2.25. The molecule has 0 saturated heterocycles. The summed E-state index contributed by atoms with van der Waals surface area (Å²) in [5.41, 5.74) is 3.26. The number of hydrogen-bond donors (Lipinski definition) is 2. The van der Waals surface area contributed by atoms with Crippen molar-refractivity contribution in [1.82, 2.24) is 15.3 Å². The molecule has 1 atom stereocenters. The standard InChI is InChI=1S/C16H15N3O/c1-11(12-6-3-2-4-7-12)19-16(20)13-8-5-9-14-15(13)18-10-17-14/h2-11H,1H3,(H,17,18)(H,19,20)/t11-/m0/s1. The van der Waals surface area contributed by atoms with Gasteiger partial charge in [0, 0.05) is 0 Å². The molecule has 0 spiro atoms. The minimum atomic E-state index is -0.101. The van der Waals surface area contributed by atoms with Crippen molar-refractivity contribution in [1.29, 1.82) is 0 Å². The molecular weight excluding hydrogens is 250 g/mol. The number of carbonyl (C=O) groups is 1. The summed E-state index contributed by atoms with van der Waals surface area (Å²) in [6.45, 7) is 1.97. The Balaban J connectivity index is 1.85. The van der Waals surface area contributed by atoms with Crippen molar-refractivity contribution in [3.05, 3.63) is 66.0 Å². The molecule has 0 aliphatic rings. The highest BCUT2D eigenvalue weighted by atomic mass is 16.1. The predicted molar refractivity (Wildman–Crippen MR) is 78.4 cm³/mol. The van der Waals surface area contributed by atoms with Crippen LogP contribution in [0.4, 0.5) is 0 Å². The zero-order chi connectivity index (χ0) is 13.9. The summed E-state index contributed by atoms with van der Waals surface area (Å²) in [6.07, 6.45) is 1.60. The maximum Gasteiger partial charge on any atom is 0.253 e. The first kappa shape index (κ1) is 12.4. The molecule has 20 heavy (non-hydrogen) atoms. The van der Waals surface area contributed by atoms with Crippen LogP contribution in [-0.4, -0.2) is 15.9 Å². The average Bonchev–Trinajstić information content (AvgIpc) is 2.96. The molecule has 0 aliphatic carbocycles. The van der Waals surface area contributed by atoms with Crippen molar-refractivity contribution in [2.24, 2.45) is 0 Å². The highest BCUT2D eigenvalue weighted by Crippen LogP contribution is 2.17. The molecule has 1 aromatic heterocycles. The average molecular weight is 265 g/mol. The number of nitrogens with one attached hydrogen (secondary N) is 2. The van der Waals surface area contributed by atoms with Gasteiger partial charge in [0.05, 0.1) is 29.0 Å². The quantitative estimate of drug-likeness (QED) is 0.764. The van der Waals surface area contributed by atoms with E-state index in [9.17, 15) is 4.79 Å². The summed E-state index contributed by atoms with van der Waals surface area (Å²) >= 11 is 0. The van der Waals surface area contributed by atoms with Gasteiger partial charge >= 0.3 is 0 Å². The Hall–Kier alpha value is -2.62. The second-order valence-corrected chi connectivity index (χ2v) is 4.71. The van der Waals surface area contributed by atoms with Gasteiger partial charge in [-0.2, -0.15) is 0 Å². The van der Waals surface area contributed by atoms with Gasteiger partial charge < -0.3 is 10.3 Å². The van der Waals surface area contributed by atoms with Crippen LogP contribution < -0.4 is 5.32 Å². The Bertz CT molecular complexity index is 734. The predicted octanol–water partition coefficient (Wildman–Crippen LogP) is 3.05. The molecule has 0 radical (unpaired) electrons. The van der Waals surface area contributed by atoms with E-state index in [4.69, 9.17) is 0 Å². The summed E-state index contributed by atoms with van der Waals surface area (Å²) < 4.78 is 0. The smallest absolute Gasteiger partial charge is 0.253 e. The zero-order valence-corrected chi connectivity index (χ0v) is 11.1. The lowest BCUT2D eigenvalue weighted by Crippen LogP contribution is -2.26. The minimum absolute atomic E-state index is 0.0399. The van der Waals surface area contributed by atoms with Crippen LogP contribution in [-0.2, 0) is 0 Å². The van der Waals surface area contributed by atoms with E-state index in [2.05, 4.69) is 15.3 Å². The van der Waals surface area contributed by atoms with Crippen molar-refractivity contribution >= 4 is 16.9 Å². The SMILES string of the molecule is C[C@H](NC(=O)c1cccc2nc[nH]c12)c1ccccc1. The molecular formula is C16H15N3O. The van der Waals surface area contributed by atoms with Crippen LogP contribution in [0.5, 0.6) is 0 Å². The number of rotatable bonds is 3. The number of carbonyl (C=O) groups excluding carboxylic acids is 1. The lowest BCUT2D eigenvalue weighted by Gasteiger charge is -2.14. The highest BCUT2D eigenvalue weighted by Gasteiger charge is 2.14. The number of fused-ring (bicyclic) bond motifs is 1. The number of hydrogen-bond acceptors (Lipinski definition) is 2. The maximum atomic E-state index is 12.4. The molecule has 4 nitrogen and oxygen atoms in total. The van der Waals surface area contributed by atoms with Gasteiger partial charge in [-0.05, 0) is 24.6 Å². The number of nitrogens with zero attached hydrogens (tertiary/aromatic N) is 1. The van der Waals surface area contributed by atoms with Gasteiger partial charge in [0.25, 0.3) is 5.91 Å². The van der Waals surface area contributed by atoms with Gasteiger partial charge in [0.2, 0.25) is 0 Å². The molecule has 4 heteroatoms. The van der Waals surface area contributed by atoms with E-state index in [1.54, 1.807) is 12.4 Å². The first-order valence-corrected chi connectivity index (χ1v) is 6.53. The summed E-state index contributed by atoms with van der Waals surface area (Å²) in [5.74, 6) is -0.101. The lowest BCUT2D eigenvalue weighted by atomic mass is 10.1. The zero-order valence-electron chi connectivity index (χ0n) is 11.1. The molecule has 0 unspecified atom stereocenters. The van der Waals surface area contributed by atoms with Crippen LogP contribution >= 0.6 is 0 Å². The number of aromatic nitrogens is 2. The van der Waals surface area contributed by atoms with Gasteiger partial charge in [-0.25, -0.2) is 4.98 Å². The summed E-state index contributed by atoms with van der Waals surface area (Å²) in [6, 6.07) is 15.4. The van der Waals surface area contributed by atoms with Crippen molar-refractivity contribution in [3.63, 3.8) is 0 Å². The molecule has 0 saturated carbocycles. The van der Waals surface area contributed by atoms with E-state index in [1.165, 1.54) is 0 Å². The van der Waals surface area contributed by atoms with Gasteiger partial charge in [0.15, 0.2) is 0 Å². The van der Waals surface area contributed by atoms with Crippen LogP contribution in [0.2, 0.25) is 0 Å². The molecule has 3 rings (SSSR count). The second kappa shape index (κ2) is 5.17. The fourth-order valence-electron chi connectivity index (χ4n) is 2.25. The first-order valence-electron chi connectivity index (χ1n) is 6.53. The van der Waals surface area contributed by atoms with Gasteiger partial charge in [0.1, 0.15) is 0 Å². The molecule has 1 heterocycles. The van der Waals surface area contributed by atoms with Gasteiger partial charge in [-0.1, -0.05) is 36.4 Å². The molecule has 2 N–H and O–H groups in total. The maximum absolute atomic E-state index is 12.4. The normalized spacial score (nSPS) is 12.2. The van der Waals surface area contributed by atoms with Crippen LogP contribution in [0.3, 0.4) is 0 Å². The Morgan fingerprint density at radius 2 is 1.95 bits per heavy atom. The minimum Gasteiger partial charge on any atom is -0.345 e. The Morgan fingerprint density at radius 3 is 2.75 bits per heavy atom. The van der Waals surface area contributed by atoms with Crippen molar-refractivity contribution in [2.45, 2.75) is 13.0 Å². The van der Waals surface area contributed by atoms with Crippen LogP contribution in [0.15, 0.2) is 54.9 Å². The monoisotopic (exact) mass is 265 g/mol. The third-order valence-corrected chi connectivity index (χ3v) is 3.35. The van der Waals surface area contributed by atoms with Crippen LogP contribution in [0, 0.1) is 0 Å². The largest absolute Gasteiger partial charge is 0.345 e. The van der Waals surface area contributed by atoms with Crippen molar-refractivity contribution < 1.29 is 4.79 Å². The van der Waals surface area contributed by atoms with E-state index < -0.39 is 0 Å².